The summed E-state index contributed by atoms with van der Waals surface area (Å²) in [5, 5.41) is 0. The molecule has 0 bridgehead atoms. The number of rotatable bonds is 10. The Labute approximate surface area is 127 Å². The molecule has 0 nitrogen and oxygen atoms in total. The number of aryl methyl sites for hydroxylation is 2. The fraction of sp³-hybridized carbons (Fsp3) is 0.700. The van der Waals surface area contributed by atoms with Gasteiger partial charge in [0, 0.05) is 0 Å². The van der Waals surface area contributed by atoms with E-state index >= 15 is 0 Å². The van der Waals surface area contributed by atoms with E-state index in [1.165, 1.54) is 68.9 Å². The van der Waals surface area contributed by atoms with E-state index in [1.54, 1.807) is 5.56 Å². The highest BCUT2D eigenvalue weighted by Gasteiger charge is 2.13. The Kier molecular flexibility index (Phi) is 8.65. The van der Waals surface area contributed by atoms with Crippen LogP contribution in [0.4, 0.5) is 0 Å². The van der Waals surface area contributed by atoms with Crippen LogP contribution in [0, 0.1) is 13.8 Å². The number of hydrogen-bond acceptors (Lipinski definition) is 0. The molecule has 20 heavy (non-hydrogen) atoms. The molecule has 0 aromatic heterocycles. The lowest BCUT2D eigenvalue weighted by molar-refractivity contribution is 0.503. The summed E-state index contributed by atoms with van der Waals surface area (Å²) in [7, 11) is 0. The maximum Gasteiger partial charge on any atom is -0.0159 e. The highest BCUT2D eigenvalue weighted by atomic mass is 14.2. The minimum Gasteiger partial charge on any atom is -0.0654 e. The maximum atomic E-state index is 2.43. The predicted octanol–water partition coefficient (Wildman–Crippen LogP) is 6.94. The smallest absolute Gasteiger partial charge is 0.0159 e. The largest absolute Gasteiger partial charge is 0.0654 e. The minimum absolute atomic E-state index is 0.788. The van der Waals surface area contributed by atoms with Crippen molar-refractivity contribution in [3.05, 3.63) is 34.9 Å². The quantitative estimate of drug-likeness (QED) is 0.405. The Morgan fingerprint density at radius 1 is 0.800 bits per heavy atom. The molecule has 0 aliphatic rings. The van der Waals surface area contributed by atoms with Crippen LogP contribution in [-0.4, -0.2) is 0 Å². The summed E-state index contributed by atoms with van der Waals surface area (Å²) in [4.78, 5) is 0. The van der Waals surface area contributed by atoms with Gasteiger partial charge in [-0.05, 0) is 43.7 Å². The van der Waals surface area contributed by atoms with E-state index in [0.29, 0.717) is 0 Å². The summed E-state index contributed by atoms with van der Waals surface area (Å²) in [5.74, 6) is 0.788. The summed E-state index contributed by atoms with van der Waals surface area (Å²) >= 11 is 0. The lowest BCUT2D eigenvalue weighted by Gasteiger charge is -2.20. The van der Waals surface area contributed by atoms with Crippen LogP contribution >= 0.6 is 0 Å². The van der Waals surface area contributed by atoms with Gasteiger partial charge in [-0.15, -0.1) is 0 Å². The average molecular weight is 274 g/mol. The van der Waals surface area contributed by atoms with Crippen LogP contribution in [0.5, 0.6) is 0 Å². The zero-order valence-corrected chi connectivity index (χ0v) is 14.2. The zero-order chi connectivity index (χ0) is 14.8. The van der Waals surface area contributed by atoms with Crippen molar-refractivity contribution in [2.75, 3.05) is 0 Å². The third-order valence-electron chi connectivity index (χ3n) is 4.44. The molecular weight excluding hydrogens is 240 g/mol. The molecule has 0 N–H and O–H groups in total. The van der Waals surface area contributed by atoms with Crippen LogP contribution in [0.1, 0.15) is 94.2 Å². The third-order valence-corrected chi connectivity index (χ3v) is 4.44. The second-order valence-electron chi connectivity index (χ2n) is 6.40. The van der Waals surface area contributed by atoms with E-state index in [2.05, 4.69) is 45.9 Å². The van der Waals surface area contributed by atoms with Crippen molar-refractivity contribution >= 4 is 0 Å². The van der Waals surface area contributed by atoms with Crippen LogP contribution in [0.25, 0.3) is 0 Å². The van der Waals surface area contributed by atoms with Crippen LogP contribution in [-0.2, 0) is 0 Å². The van der Waals surface area contributed by atoms with Crippen LogP contribution < -0.4 is 0 Å². The second-order valence-corrected chi connectivity index (χ2v) is 6.40. The molecule has 1 aromatic carbocycles. The third kappa shape index (κ3) is 6.11. The first kappa shape index (κ1) is 17.3. The van der Waals surface area contributed by atoms with Crippen LogP contribution in [0.3, 0.4) is 0 Å². The van der Waals surface area contributed by atoms with Crippen molar-refractivity contribution in [2.45, 2.75) is 91.4 Å². The minimum atomic E-state index is 0.788. The van der Waals surface area contributed by atoms with Gasteiger partial charge in [0.1, 0.15) is 0 Å². The van der Waals surface area contributed by atoms with Gasteiger partial charge in [-0.1, -0.05) is 82.6 Å². The van der Waals surface area contributed by atoms with Gasteiger partial charge in [-0.2, -0.15) is 0 Å². The first-order chi connectivity index (χ1) is 9.69. The SMILES string of the molecule is CCCCCCCC(CCCC)c1cc(C)ccc1C. The molecule has 0 aliphatic carbocycles. The Bertz CT molecular complexity index is 364. The number of benzene rings is 1. The van der Waals surface area contributed by atoms with Crippen molar-refractivity contribution in [3.63, 3.8) is 0 Å². The predicted molar refractivity (Wildman–Crippen MR) is 91.6 cm³/mol. The number of unbranched alkanes of at least 4 members (excludes halogenated alkanes) is 5. The van der Waals surface area contributed by atoms with Crippen molar-refractivity contribution in [1.82, 2.24) is 0 Å². The highest BCUT2D eigenvalue weighted by molar-refractivity contribution is 5.33. The summed E-state index contributed by atoms with van der Waals surface area (Å²) < 4.78 is 0. The topological polar surface area (TPSA) is 0 Å². The standard InChI is InChI=1S/C20H34/c1-5-7-9-10-11-13-19(12-8-6-2)20-16-17(3)14-15-18(20)4/h14-16,19H,5-13H2,1-4H3. The van der Waals surface area contributed by atoms with E-state index in [0.717, 1.165) is 5.92 Å². The average Bonchev–Trinajstić information content (AvgIpc) is 2.45. The first-order valence-corrected chi connectivity index (χ1v) is 8.76. The molecule has 0 heteroatoms. The van der Waals surface area contributed by atoms with Crippen molar-refractivity contribution < 1.29 is 0 Å². The van der Waals surface area contributed by atoms with E-state index in [4.69, 9.17) is 0 Å². The molecule has 1 rings (SSSR count). The van der Waals surface area contributed by atoms with Gasteiger partial charge in [0.15, 0.2) is 0 Å². The van der Waals surface area contributed by atoms with Crippen molar-refractivity contribution in [3.8, 4) is 0 Å². The lowest BCUT2D eigenvalue weighted by atomic mass is 9.85. The molecule has 0 amide bonds. The molecular formula is C20H34. The van der Waals surface area contributed by atoms with Gasteiger partial charge < -0.3 is 0 Å². The van der Waals surface area contributed by atoms with Gasteiger partial charge in [0.2, 0.25) is 0 Å². The molecule has 0 aliphatic heterocycles. The Morgan fingerprint density at radius 2 is 1.45 bits per heavy atom. The van der Waals surface area contributed by atoms with Gasteiger partial charge in [0.05, 0.1) is 0 Å². The summed E-state index contributed by atoms with van der Waals surface area (Å²) in [5.41, 5.74) is 4.53. The van der Waals surface area contributed by atoms with Gasteiger partial charge in [0.25, 0.3) is 0 Å². The van der Waals surface area contributed by atoms with E-state index in [1.807, 2.05) is 0 Å². The van der Waals surface area contributed by atoms with Gasteiger partial charge in [-0.25, -0.2) is 0 Å². The zero-order valence-electron chi connectivity index (χ0n) is 14.2. The Morgan fingerprint density at radius 3 is 2.15 bits per heavy atom. The first-order valence-electron chi connectivity index (χ1n) is 8.76. The molecule has 0 radical (unpaired) electrons. The summed E-state index contributed by atoms with van der Waals surface area (Å²) in [6.45, 7) is 9.10. The van der Waals surface area contributed by atoms with Gasteiger partial charge >= 0.3 is 0 Å². The van der Waals surface area contributed by atoms with Crippen molar-refractivity contribution in [2.24, 2.45) is 0 Å². The molecule has 114 valence electrons. The molecule has 0 saturated carbocycles. The molecule has 1 atom stereocenters. The van der Waals surface area contributed by atoms with Gasteiger partial charge in [-0.3, -0.25) is 0 Å². The Balaban J connectivity index is 2.60. The van der Waals surface area contributed by atoms with Crippen LogP contribution in [0.2, 0.25) is 0 Å². The fourth-order valence-electron chi connectivity index (χ4n) is 3.10. The maximum absolute atomic E-state index is 2.43. The lowest BCUT2D eigenvalue weighted by Crippen LogP contribution is -2.02. The molecule has 0 spiro atoms. The molecule has 0 saturated heterocycles. The molecule has 0 fully saturated rings. The fourth-order valence-corrected chi connectivity index (χ4v) is 3.10. The summed E-state index contributed by atoms with van der Waals surface area (Å²) in [6, 6.07) is 6.99. The van der Waals surface area contributed by atoms with Crippen molar-refractivity contribution in [1.29, 1.82) is 0 Å². The second kappa shape index (κ2) is 10.0. The normalized spacial score (nSPS) is 12.6. The number of hydrogen-bond donors (Lipinski definition) is 0. The van der Waals surface area contributed by atoms with Crippen LogP contribution in [0.15, 0.2) is 18.2 Å². The van der Waals surface area contributed by atoms with E-state index < -0.39 is 0 Å². The highest BCUT2D eigenvalue weighted by Crippen LogP contribution is 2.31. The molecule has 0 heterocycles. The molecule has 1 unspecified atom stereocenters. The summed E-state index contributed by atoms with van der Waals surface area (Å²) in [6.07, 6.45) is 12.4. The monoisotopic (exact) mass is 274 g/mol. The molecule has 1 aromatic rings. The van der Waals surface area contributed by atoms with E-state index in [9.17, 15) is 0 Å². The Hall–Kier alpha value is -0.780. The van der Waals surface area contributed by atoms with E-state index in [-0.39, 0.29) is 0 Å².